The predicted molar refractivity (Wildman–Crippen MR) is 114 cm³/mol. The number of rotatable bonds is 5. The minimum absolute atomic E-state index is 0.0824. The third-order valence-electron chi connectivity index (χ3n) is 5.12. The highest BCUT2D eigenvalue weighted by Crippen LogP contribution is 2.43. The van der Waals surface area contributed by atoms with Gasteiger partial charge in [-0.2, -0.15) is 0 Å². The van der Waals surface area contributed by atoms with Crippen molar-refractivity contribution in [1.82, 2.24) is 10.3 Å². The number of nitrogens with zero attached hydrogens (tertiary/aromatic N) is 1. The highest BCUT2D eigenvalue weighted by atomic mass is 19.1. The fourth-order valence-electron chi connectivity index (χ4n) is 3.63. The van der Waals surface area contributed by atoms with Crippen LogP contribution < -0.4 is 5.32 Å². The van der Waals surface area contributed by atoms with E-state index in [0.29, 0.717) is 6.54 Å². The number of carbonyl (C=O) groups excluding carboxylic acids is 1. The molecule has 2 aromatic carbocycles. The molecule has 1 heterocycles. The molecule has 3 nitrogen and oxygen atoms in total. The van der Waals surface area contributed by atoms with Crippen molar-refractivity contribution in [3.05, 3.63) is 107 Å². The van der Waals surface area contributed by atoms with Crippen LogP contribution in [0.15, 0.2) is 78.6 Å². The Morgan fingerprint density at radius 2 is 1.90 bits per heavy atom. The average molecular weight is 384 g/mol. The van der Waals surface area contributed by atoms with E-state index < -0.39 is 0 Å². The maximum atomic E-state index is 14.0. The standard InChI is InChI=1S/C25H21FN2O/c1-17-22(12-19-8-5-11-27-15-19)21-10-9-20(26)13-24(21)23(17)14-25(29)28-16-18-6-3-2-4-7-18/h2-13,15H,14,16H2,1H3,(H,28,29)/b22-12-. The Morgan fingerprint density at radius 1 is 1.07 bits per heavy atom. The van der Waals surface area contributed by atoms with Gasteiger partial charge in [0.25, 0.3) is 0 Å². The number of hydrogen-bond acceptors (Lipinski definition) is 2. The summed E-state index contributed by atoms with van der Waals surface area (Å²) < 4.78 is 14.0. The van der Waals surface area contributed by atoms with E-state index in [1.807, 2.05) is 55.5 Å². The number of allylic oxidation sites excluding steroid dienone is 2. The molecule has 29 heavy (non-hydrogen) atoms. The lowest BCUT2D eigenvalue weighted by Gasteiger charge is -2.08. The Balaban J connectivity index is 1.62. The van der Waals surface area contributed by atoms with Crippen LogP contribution in [-0.4, -0.2) is 10.9 Å². The molecule has 1 amide bonds. The lowest BCUT2D eigenvalue weighted by atomic mass is 10.0. The third-order valence-corrected chi connectivity index (χ3v) is 5.12. The molecular formula is C25H21FN2O. The summed E-state index contributed by atoms with van der Waals surface area (Å²) in [5, 5.41) is 2.96. The first-order valence-corrected chi connectivity index (χ1v) is 9.54. The van der Waals surface area contributed by atoms with Gasteiger partial charge in [-0.25, -0.2) is 4.39 Å². The van der Waals surface area contributed by atoms with E-state index in [1.165, 1.54) is 12.1 Å². The summed E-state index contributed by atoms with van der Waals surface area (Å²) in [6, 6.07) is 18.4. The zero-order valence-electron chi connectivity index (χ0n) is 16.2. The molecule has 0 unspecified atom stereocenters. The van der Waals surface area contributed by atoms with Crippen molar-refractivity contribution in [2.45, 2.75) is 19.9 Å². The lowest BCUT2D eigenvalue weighted by Crippen LogP contribution is -2.22. The minimum atomic E-state index is -0.304. The van der Waals surface area contributed by atoms with Crippen molar-refractivity contribution in [2.75, 3.05) is 0 Å². The van der Waals surface area contributed by atoms with Gasteiger partial charge in [-0.3, -0.25) is 9.78 Å². The molecule has 0 aliphatic heterocycles. The fourth-order valence-corrected chi connectivity index (χ4v) is 3.63. The molecule has 1 aliphatic carbocycles. The van der Waals surface area contributed by atoms with Crippen LogP contribution in [0.1, 0.15) is 35.6 Å². The van der Waals surface area contributed by atoms with E-state index in [4.69, 9.17) is 0 Å². The number of fused-ring (bicyclic) bond motifs is 1. The summed E-state index contributed by atoms with van der Waals surface area (Å²) >= 11 is 0. The van der Waals surface area contributed by atoms with Gasteiger partial charge in [-0.05, 0) is 70.2 Å². The van der Waals surface area contributed by atoms with Crippen LogP contribution in [0.4, 0.5) is 4.39 Å². The van der Waals surface area contributed by atoms with Gasteiger partial charge >= 0.3 is 0 Å². The highest BCUT2D eigenvalue weighted by Gasteiger charge is 2.25. The molecule has 1 aromatic heterocycles. The smallest absolute Gasteiger partial charge is 0.224 e. The normalized spacial score (nSPS) is 14.2. The number of nitrogens with one attached hydrogen (secondary N) is 1. The molecule has 1 aliphatic rings. The molecule has 0 saturated heterocycles. The third kappa shape index (κ3) is 4.16. The number of halogens is 1. The van der Waals surface area contributed by atoms with Crippen LogP contribution in [0.3, 0.4) is 0 Å². The number of amides is 1. The number of pyridine rings is 1. The Labute approximate surface area is 169 Å². The predicted octanol–water partition coefficient (Wildman–Crippen LogP) is 5.25. The van der Waals surface area contributed by atoms with Gasteiger partial charge in [0.05, 0.1) is 6.42 Å². The Bertz CT molecular complexity index is 1100. The summed E-state index contributed by atoms with van der Waals surface area (Å²) in [6.07, 6.45) is 5.76. The minimum Gasteiger partial charge on any atom is -0.352 e. The van der Waals surface area contributed by atoms with E-state index in [-0.39, 0.29) is 18.1 Å². The second-order valence-electron chi connectivity index (χ2n) is 7.08. The van der Waals surface area contributed by atoms with Crippen molar-refractivity contribution < 1.29 is 9.18 Å². The van der Waals surface area contributed by atoms with Crippen molar-refractivity contribution in [1.29, 1.82) is 0 Å². The molecule has 0 fully saturated rings. The van der Waals surface area contributed by atoms with Crippen LogP contribution in [0.2, 0.25) is 0 Å². The first kappa shape index (κ1) is 18.8. The molecule has 0 saturated carbocycles. The topological polar surface area (TPSA) is 42.0 Å². The molecule has 4 rings (SSSR count). The lowest BCUT2D eigenvalue weighted by molar-refractivity contribution is -0.120. The summed E-state index contributed by atoms with van der Waals surface area (Å²) in [5.74, 6) is -0.387. The maximum absolute atomic E-state index is 14.0. The second-order valence-corrected chi connectivity index (χ2v) is 7.08. The van der Waals surface area contributed by atoms with Crippen molar-refractivity contribution in [3.8, 4) is 0 Å². The van der Waals surface area contributed by atoms with Gasteiger partial charge in [-0.15, -0.1) is 0 Å². The number of hydrogen-bond donors (Lipinski definition) is 1. The Morgan fingerprint density at radius 3 is 2.66 bits per heavy atom. The maximum Gasteiger partial charge on any atom is 0.224 e. The highest BCUT2D eigenvalue weighted by molar-refractivity contribution is 6.08. The molecule has 3 aromatic rings. The molecule has 4 heteroatoms. The summed E-state index contributed by atoms with van der Waals surface area (Å²) in [5.41, 5.74) is 6.59. The van der Waals surface area contributed by atoms with E-state index in [2.05, 4.69) is 10.3 Å². The largest absolute Gasteiger partial charge is 0.352 e. The molecule has 0 bridgehead atoms. The monoisotopic (exact) mass is 384 g/mol. The molecular weight excluding hydrogens is 363 g/mol. The zero-order valence-corrected chi connectivity index (χ0v) is 16.2. The molecule has 0 atom stereocenters. The quantitative estimate of drug-likeness (QED) is 0.652. The molecule has 0 spiro atoms. The molecule has 1 N–H and O–H groups in total. The van der Waals surface area contributed by atoms with Crippen LogP contribution >= 0.6 is 0 Å². The number of aromatic nitrogens is 1. The summed E-state index contributed by atoms with van der Waals surface area (Å²) in [4.78, 5) is 16.8. The van der Waals surface area contributed by atoms with Gasteiger partial charge in [0, 0.05) is 18.9 Å². The van der Waals surface area contributed by atoms with Gasteiger partial charge in [0.1, 0.15) is 5.82 Å². The van der Waals surface area contributed by atoms with Crippen LogP contribution in [0, 0.1) is 5.82 Å². The van der Waals surface area contributed by atoms with Crippen LogP contribution in [-0.2, 0) is 11.3 Å². The van der Waals surface area contributed by atoms with Crippen molar-refractivity contribution >= 4 is 23.1 Å². The second kappa shape index (κ2) is 8.23. The van der Waals surface area contributed by atoms with E-state index in [9.17, 15) is 9.18 Å². The fraction of sp³-hybridized carbons (Fsp3) is 0.120. The summed E-state index contributed by atoms with van der Waals surface area (Å²) in [7, 11) is 0. The van der Waals surface area contributed by atoms with Gasteiger partial charge in [-0.1, -0.05) is 42.5 Å². The van der Waals surface area contributed by atoms with E-state index >= 15 is 0 Å². The van der Waals surface area contributed by atoms with Crippen molar-refractivity contribution in [3.63, 3.8) is 0 Å². The zero-order chi connectivity index (χ0) is 20.2. The van der Waals surface area contributed by atoms with Gasteiger partial charge in [0.2, 0.25) is 5.91 Å². The van der Waals surface area contributed by atoms with Crippen LogP contribution in [0.5, 0.6) is 0 Å². The van der Waals surface area contributed by atoms with E-state index in [1.54, 1.807) is 18.5 Å². The molecule has 0 radical (unpaired) electrons. The molecule has 144 valence electrons. The Kier molecular flexibility index (Phi) is 5.34. The van der Waals surface area contributed by atoms with Gasteiger partial charge < -0.3 is 5.32 Å². The summed E-state index contributed by atoms with van der Waals surface area (Å²) in [6.45, 7) is 2.46. The first-order chi connectivity index (χ1) is 14.1. The van der Waals surface area contributed by atoms with Gasteiger partial charge in [0.15, 0.2) is 0 Å². The number of benzene rings is 2. The van der Waals surface area contributed by atoms with Crippen LogP contribution in [0.25, 0.3) is 17.2 Å². The first-order valence-electron chi connectivity index (χ1n) is 9.54. The average Bonchev–Trinajstić information content (AvgIpc) is 2.99. The Hall–Kier alpha value is -3.53. The van der Waals surface area contributed by atoms with E-state index in [0.717, 1.165) is 39.0 Å². The number of carbonyl (C=O) groups is 1. The van der Waals surface area contributed by atoms with Crippen molar-refractivity contribution in [2.24, 2.45) is 0 Å². The SMILES string of the molecule is CC1=C(CC(=O)NCc2ccccc2)c2cc(F)ccc2/C1=C\c1cccnc1.